The number of nitrogens with one attached hydrogen (secondary N) is 2. The van der Waals surface area contributed by atoms with E-state index >= 15 is 0 Å². The molecule has 3 aromatic rings. The molecule has 0 atom stereocenters. The second kappa shape index (κ2) is 10.6. The first-order valence-electron chi connectivity index (χ1n) is 9.75. The van der Waals surface area contributed by atoms with E-state index in [-0.39, 0.29) is 18.1 Å². The third-order valence-corrected chi connectivity index (χ3v) is 4.43. The lowest BCUT2D eigenvalue weighted by Crippen LogP contribution is -2.05. The Bertz CT molecular complexity index is 1130. The number of anilines is 2. The van der Waals surface area contributed by atoms with E-state index in [0.29, 0.717) is 22.9 Å². The summed E-state index contributed by atoms with van der Waals surface area (Å²) in [6.45, 7) is 1.72. The van der Waals surface area contributed by atoms with E-state index in [1.807, 2.05) is 18.2 Å². The Morgan fingerprint density at radius 1 is 1.06 bits per heavy atom. The molecule has 164 valence electrons. The number of benzene rings is 3. The highest BCUT2D eigenvalue weighted by Crippen LogP contribution is 2.23. The molecule has 0 spiro atoms. The third kappa shape index (κ3) is 6.09. The maximum Gasteiger partial charge on any atom is 0.337 e. The van der Waals surface area contributed by atoms with Gasteiger partial charge in [0, 0.05) is 18.2 Å². The van der Waals surface area contributed by atoms with Gasteiger partial charge in [-0.1, -0.05) is 12.1 Å². The van der Waals surface area contributed by atoms with Crippen LogP contribution in [-0.4, -0.2) is 30.3 Å². The number of carbonyl (C=O) groups excluding carboxylic acids is 1. The van der Waals surface area contributed by atoms with E-state index in [4.69, 9.17) is 9.47 Å². The summed E-state index contributed by atoms with van der Waals surface area (Å²) in [5.74, 6) is 0.147. The molecule has 3 aromatic carbocycles. The Labute approximate surface area is 185 Å². The molecule has 1 amide bonds. The number of aromatic carboxylic acids is 1. The minimum atomic E-state index is -1.03. The van der Waals surface area contributed by atoms with Gasteiger partial charge in [-0.25, -0.2) is 4.79 Å². The maximum absolute atomic E-state index is 11.3. The normalized spacial score (nSPS) is 10.6. The molecule has 32 heavy (non-hydrogen) atoms. The zero-order chi connectivity index (χ0) is 22.9. The Hall–Kier alpha value is -4.33. The fraction of sp³-hybridized carbons (Fsp3) is 0.125. The van der Waals surface area contributed by atoms with Crippen molar-refractivity contribution in [3.05, 3.63) is 83.4 Å². The first-order valence-corrected chi connectivity index (χ1v) is 9.75. The molecular weight excluding hydrogens is 410 g/mol. The molecule has 0 fully saturated rings. The van der Waals surface area contributed by atoms with Gasteiger partial charge >= 0.3 is 5.97 Å². The first kappa shape index (κ1) is 22.4. The van der Waals surface area contributed by atoms with Gasteiger partial charge in [0.1, 0.15) is 18.1 Å². The summed E-state index contributed by atoms with van der Waals surface area (Å²) in [5, 5.41) is 16.1. The largest absolute Gasteiger partial charge is 0.496 e. The average Bonchev–Trinajstić information content (AvgIpc) is 2.78. The molecule has 0 radical (unpaired) electrons. The third-order valence-electron chi connectivity index (χ3n) is 4.43. The number of hydrogen-bond acceptors (Lipinski definition) is 6. The van der Waals surface area contributed by atoms with Crippen LogP contribution in [0.2, 0.25) is 0 Å². The summed E-state index contributed by atoms with van der Waals surface area (Å²) in [6.07, 6.45) is 1.59. The summed E-state index contributed by atoms with van der Waals surface area (Å²) in [5.41, 5.74) is 5.59. The van der Waals surface area contributed by atoms with Crippen molar-refractivity contribution in [3.8, 4) is 11.5 Å². The lowest BCUT2D eigenvalue weighted by molar-refractivity contribution is -0.114. The number of ether oxygens (including phenoxy) is 2. The SMILES string of the molecule is COc1ccc(/C=N/Nc2ccccc2C(=O)O)cc1COc1ccc(NC(C)=O)cc1. The minimum absolute atomic E-state index is 0.136. The summed E-state index contributed by atoms with van der Waals surface area (Å²) in [6, 6.07) is 19.1. The van der Waals surface area contributed by atoms with Gasteiger partial charge < -0.3 is 19.9 Å². The second-order valence-corrected chi connectivity index (χ2v) is 6.79. The van der Waals surface area contributed by atoms with Crippen LogP contribution in [0, 0.1) is 0 Å². The number of hydrogen-bond donors (Lipinski definition) is 3. The fourth-order valence-corrected chi connectivity index (χ4v) is 2.93. The number of nitrogens with zero attached hydrogens (tertiary/aromatic N) is 1. The highest BCUT2D eigenvalue weighted by Gasteiger charge is 2.08. The predicted molar refractivity (Wildman–Crippen MR) is 123 cm³/mol. The van der Waals surface area contributed by atoms with Crippen LogP contribution in [0.1, 0.15) is 28.4 Å². The van der Waals surface area contributed by atoms with Crippen LogP contribution in [0.4, 0.5) is 11.4 Å². The molecule has 8 nitrogen and oxygen atoms in total. The molecule has 0 unspecified atom stereocenters. The van der Waals surface area contributed by atoms with Gasteiger partial charge in [0.25, 0.3) is 0 Å². The number of carbonyl (C=O) groups is 2. The van der Waals surface area contributed by atoms with Gasteiger partial charge in [-0.2, -0.15) is 5.10 Å². The van der Waals surface area contributed by atoms with E-state index < -0.39 is 5.97 Å². The Morgan fingerprint density at radius 3 is 2.50 bits per heavy atom. The van der Waals surface area contributed by atoms with Gasteiger partial charge in [-0.3, -0.25) is 10.2 Å². The Balaban J connectivity index is 1.68. The summed E-state index contributed by atoms with van der Waals surface area (Å²) < 4.78 is 11.3. The number of methoxy groups -OCH3 is 1. The van der Waals surface area contributed by atoms with Gasteiger partial charge in [0.15, 0.2) is 0 Å². The number of rotatable bonds is 9. The molecule has 0 aliphatic heterocycles. The zero-order valence-corrected chi connectivity index (χ0v) is 17.7. The van der Waals surface area contributed by atoms with Crippen molar-refractivity contribution in [3.63, 3.8) is 0 Å². The van der Waals surface area contributed by atoms with Crippen molar-refractivity contribution in [2.45, 2.75) is 13.5 Å². The van der Waals surface area contributed by atoms with Crippen LogP contribution in [-0.2, 0) is 11.4 Å². The molecule has 0 aromatic heterocycles. The maximum atomic E-state index is 11.3. The monoisotopic (exact) mass is 433 g/mol. The van der Waals surface area contributed by atoms with Crippen LogP contribution in [0.3, 0.4) is 0 Å². The molecule has 3 rings (SSSR count). The first-order chi connectivity index (χ1) is 15.5. The lowest BCUT2D eigenvalue weighted by atomic mass is 10.1. The minimum Gasteiger partial charge on any atom is -0.496 e. The molecule has 0 saturated heterocycles. The van der Waals surface area contributed by atoms with E-state index in [1.165, 1.54) is 13.0 Å². The van der Waals surface area contributed by atoms with E-state index in [0.717, 1.165) is 11.1 Å². The van der Waals surface area contributed by atoms with Gasteiger partial charge in [0.05, 0.1) is 24.6 Å². The smallest absolute Gasteiger partial charge is 0.337 e. The van der Waals surface area contributed by atoms with E-state index in [1.54, 1.807) is 55.8 Å². The van der Waals surface area contributed by atoms with Crippen molar-refractivity contribution >= 4 is 29.5 Å². The highest BCUT2D eigenvalue weighted by atomic mass is 16.5. The van der Waals surface area contributed by atoms with Crippen LogP contribution in [0.25, 0.3) is 0 Å². The molecule has 0 aliphatic rings. The van der Waals surface area contributed by atoms with Gasteiger partial charge in [0.2, 0.25) is 5.91 Å². The molecule has 0 bridgehead atoms. The number of amides is 1. The average molecular weight is 433 g/mol. The second-order valence-electron chi connectivity index (χ2n) is 6.79. The Kier molecular flexibility index (Phi) is 7.42. The summed E-state index contributed by atoms with van der Waals surface area (Å²) in [7, 11) is 1.58. The zero-order valence-electron chi connectivity index (χ0n) is 17.7. The molecule has 0 saturated carbocycles. The molecule has 0 heterocycles. The summed E-state index contributed by atoms with van der Waals surface area (Å²) >= 11 is 0. The van der Waals surface area contributed by atoms with Crippen molar-refractivity contribution in [1.82, 2.24) is 0 Å². The molecule has 3 N–H and O–H groups in total. The number of carboxylic acids is 1. The summed E-state index contributed by atoms with van der Waals surface area (Å²) in [4.78, 5) is 22.4. The van der Waals surface area contributed by atoms with Crippen LogP contribution in [0.5, 0.6) is 11.5 Å². The van der Waals surface area contributed by atoms with Crippen LogP contribution in [0.15, 0.2) is 71.8 Å². The highest BCUT2D eigenvalue weighted by molar-refractivity contribution is 5.94. The van der Waals surface area contributed by atoms with Crippen molar-refractivity contribution < 1.29 is 24.2 Å². The topological polar surface area (TPSA) is 109 Å². The van der Waals surface area contributed by atoms with Gasteiger partial charge in [-0.05, 0) is 60.2 Å². The van der Waals surface area contributed by atoms with E-state index in [2.05, 4.69) is 15.8 Å². The van der Waals surface area contributed by atoms with Crippen molar-refractivity contribution in [2.24, 2.45) is 5.10 Å². The lowest BCUT2D eigenvalue weighted by Gasteiger charge is -2.12. The van der Waals surface area contributed by atoms with E-state index in [9.17, 15) is 14.7 Å². The number of para-hydroxylation sites is 1. The van der Waals surface area contributed by atoms with Gasteiger partial charge in [-0.15, -0.1) is 0 Å². The number of hydrazone groups is 1. The van der Waals surface area contributed by atoms with Crippen LogP contribution < -0.4 is 20.2 Å². The predicted octanol–water partition coefficient (Wildman–Crippen LogP) is 4.38. The molecule has 8 heteroatoms. The standard InChI is InChI=1S/C24H23N3O5/c1-16(28)26-19-8-10-20(11-9-19)32-15-18-13-17(7-12-23(18)31-2)14-25-27-22-6-4-3-5-21(22)24(29)30/h3-14,27H,15H2,1-2H3,(H,26,28)(H,29,30)/b25-14+. The van der Waals surface area contributed by atoms with Crippen molar-refractivity contribution in [2.75, 3.05) is 17.9 Å². The quantitative estimate of drug-likeness (QED) is 0.341. The fourth-order valence-electron chi connectivity index (χ4n) is 2.93. The molecular formula is C24H23N3O5. The molecule has 0 aliphatic carbocycles. The van der Waals surface area contributed by atoms with Crippen LogP contribution >= 0.6 is 0 Å². The van der Waals surface area contributed by atoms with Crippen molar-refractivity contribution in [1.29, 1.82) is 0 Å². The Morgan fingerprint density at radius 2 is 1.81 bits per heavy atom. The number of carboxylic acid groups (broad SMARTS) is 1.